The van der Waals surface area contributed by atoms with Crippen LogP contribution in [0.2, 0.25) is 0 Å². The van der Waals surface area contributed by atoms with E-state index in [9.17, 15) is 53.4 Å². The zero-order chi connectivity index (χ0) is 48.5. The minimum atomic E-state index is -1.30. The molecular weight excluding hydrogens is 879 g/mol. The van der Waals surface area contributed by atoms with Crippen molar-refractivity contribution in [1.82, 2.24) is 25.3 Å². The number of Topliss-reactive ketones (excluding diaryl/α,β-unsaturated/α-hetero) is 1. The van der Waals surface area contributed by atoms with Crippen LogP contribution in [0.15, 0.2) is 58.1 Å². The number of fused-ring (bicyclic) bond motifs is 4. The molecule has 2 aromatic heterocycles. The van der Waals surface area contributed by atoms with Crippen LogP contribution in [0.5, 0.6) is 0 Å². The van der Waals surface area contributed by atoms with Crippen LogP contribution in [-0.2, 0) is 36.8 Å². The Morgan fingerprint density at radius 3 is 2.13 bits per heavy atom. The van der Waals surface area contributed by atoms with E-state index in [4.69, 9.17) is 21.7 Å². The van der Waals surface area contributed by atoms with Crippen LogP contribution in [-0.4, -0.2) is 124 Å². The number of ketones is 1. The largest absolute Gasteiger partial charge is 0.481 e. The Kier molecular flexibility index (Phi) is 15.1. The first-order valence-corrected chi connectivity index (χ1v) is 21.0. The Morgan fingerprint density at radius 2 is 1.49 bits per heavy atom. The molecule has 12 N–H and O–H groups in total. The van der Waals surface area contributed by atoms with Gasteiger partial charge < -0.3 is 47.4 Å². The Labute approximate surface area is 379 Å². The van der Waals surface area contributed by atoms with Gasteiger partial charge in [-0.05, 0) is 68.4 Å². The zero-order valence-electron chi connectivity index (χ0n) is 35.7. The Hall–Kier alpha value is -8.44. The van der Waals surface area contributed by atoms with E-state index in [1.165, 1.54) is 4.90 Å². The molecule has 1 unspecified atom stereocenters. The SMILES string of the molecule is Nc1nc2c(c(=O)[nH]1)N(C=O)[C@@H](CCc1ccc(C(=O)C[C@@H](CCC(=O)O)C(=O)O)cc1)CC2.Nc1nc2c(c(=O)[nH]1)[N+]1=CN(c3ccc(C(=O)NC(CCC(=O)O)C(=O)O)cc3)C[C@H]1CN2. The zero-order valence-corrected chi connectivity index (χ0v) is 35.7. The number of H-pyrrole nitrogens is 2. The van der Waals surface area contributed by atoms with Crippen LogP contribution in [0.1, 0.15) is 76.9 Å². The van der Waals surface area contributed by atoms with Crippen molar-refractivity contribution in [2.24, 2.45) is 5.92 Å². The fourth-order valence-electron chi connectivity index (χ4n) is 7.98. The second-order valence-electron chi connectivity index (χ2n) is 16.0. The molecule has 352 valence electrons. The van der Waals surface area contributed by atoms with Crippen molar-refractivity contribution < 1.29 is 58.6 Å². The Balaban J connectivity index is 0.000000221. The van der Waals surface area contributed by atoms with Gasteiger partial charge in [0.2, 0.25) is 30.3 Å². The number of carboxylic acids is 4. The van der Waals surface area contributed by atoms with Crippen LogP contribution in [0.25, 0.3) is 0 Å². The lowest BCUT2D eigenvalue weighted by Gasteiger charge is -2.33. The fraction of sp³-hybridized carbons (Fsp3) is 0.349. The second-order valence-corrected chi connectivity index (χ2v) is 16.0. The van der Waals surface area contributed by atoms with Crippen LogP contribution in [0, 0.1) is 5.92 Å². The first kappa shape index (κ1) is 48.0. The summed E-state index contributed by atoms with van der Waals surface area (Å²) in [6.07, 6.45) is 3.46. The number of benzene rings is 2. The molecule has 0 saturated heterocycles. The summed E-state index contributed by atoms with van der Waals surface area (Å²) < 4.78 is 1.83. The van der Waals surface area contributed by atoms with Gasteiger partial charge >= 0.3 is 29.4 Å². The van der Waals surface area contributed by atoms with E-state index >= 15 is 0 Å². The summed E-state index contributed by atoms with van der Waals surface area (Å²) in [5.41, 5.74) is 13.8. The molecule has 24 nitrogen and oxygen atoms in total. The summed E-state index contributed by atoms with van der Waals surface area (Å²) in [6, 6.07) is 11.7. The molecule has 3 aliphatic rings. The van der Waals surface area contributed by atoms with Gasteiger partial charge in [-0.25, -0.2) is 19.3 Å². The number of carbonyl (C=O) groups excluding carboxylic acids is 3. The summed E-state index contributed by atoms with van der Waals surface area (Å²) in [4.78, 5) is 122. The minimum absolute atomic E-state index is 0.0132. The van der Waals surface area contributed by atoms with E-state index in [0.717, 1.165) is 11.3 Å². The topological polar surface area (TPSA) is 377 Å². The maximum absolute atomic E-state index is 12.5. The normalized spacial score (nSPS) is 16.6. The number of nitrogens with one attached hydrogen (secondary N) is 4. The number of aromatic nitrogens is 4. The number of carboxylic acid groups (broad SMARTS) is 4. The quantitative estimate of drug-likeness (QED) is 0.0374. The van der Waals surface area contributed by atoms with Crippen molar-refractivity contribution in [1.29, 1.82) is 0 Å². The summed E-state index contributed by atoms with van der Waals surface area (Å²) >= 11 is 0. The number of hydrogen-bond acceptors (Lipinski definition) is 15. The Morgan fingerprint density at radius 1 is 0.851 bits per heavy atom. The van der Waals surface area contributed by atoms with Gasteiger partial charge in [0, 0.05) is 36.4 Å². The van der Waals surface area contributed by atoms with E-state index in [1.54, 1.807) is 54.9 Å². The fourth-order valence-corrected chi connectivity index (χ4v) is 7.98. The minimum Gasteiger partial charge on any atom is -0.481 e. The number of nitrogen functional groups attached to an aromatic ring is 2. The van der Waals surface area contributed by atoms with Gasteiger partial charge in [-0.3, -0.25) is 48.3 Å². The molecule has 5 heterocycles. The third kappa shape index (κ3) is 11.8. The van der Waals surface area contributed by atoms with Crippen molar-refractivity contribution in [3.63, 3.8) is 0 Å². The average Bonchev–Trinajstić information content (AvgIpc) is 3.72. The molecule has 2 amide bonds. The highest BCUT2D eigenvalue weighted by molar-refractivity contribution is 5.98. The van der Waals surface area contributed by atoms with Gasteiger partial charge in [-0.1, -0.05) is 24.3 Å². The molecule has 24 heteroatoms. The number of nitrogens with zero attached hydrogens (tertiary/aromatic N) is 5. The van der Waals surface area contributed by atoms with Crippen molar-refractivity contribution in [3.05, 3.63) is 91.6 Å². The van der Waals surface area contributed by atoms with Gasteiger partial charge in [-0.15, -0.1) is 0 Å². The summed E-state index contributed by atoms with van der Waals surface area (Å²) in [6.45, 7) is 1.14. The number of hydrogen-bond donors (Lipinski definition) is 10. The monoisotopic (exact) mass is 926 g/mol. The van der Waals surface area contributed by atoms with Crippen LogP contribution in [0.4, 0.5) is 34.8 Å². The maximum atomic E-state index is 12.5. The molecule has 2 aromatic carbocycles. The molecule has 0 spiro atoms. The number of nitrogens with two attached hydrogens (primary N) is 2. The molecule has 7 rings (SSSR count). The first-order valence-electron chi connectivity index (χ1n) is 21.0. The lowest BCUT2D eigenvalue weighted by molar-refractivity contribution is -0.468. The highest BCUT2D eigenvalue weighted by Crippen LogP contribution is 2.30. The highest BCUT2D eigenvalue weighted by atomic mass is 16.4. The molecule has 0 bridgehead atoms. The third-order valence-electron chi connectivity index (χ3n) is 11.4. The number of carbonyl (C=O) groups is 7. The number of amides is 2. The lowest BCUT2D eigenvalue weighted by atomic mass is 9.92. The molecule has 67 heavy (non-hydrogen) atoms. The summed E-state index contributed by atoms with van der Waals surface area (Å²) in [5.74, 6) is -6.33. The van der Waals surface area contributed by atoms with Crippen molar-refractivity contribution >= 4 is 83.1 Å². The number of aromatic amines is 2. The van der Waals surface area contributed by atoms with E-state index in [0.29, 0.717) is 67.9 Å². The number of anilines is 5. The van der Waals surface area contributed by atoms with E-state index in [1.807, 2.05) is 9.48 Å². The molecule has 0 saturated carbocycles. The summed E-state index contributed by atoms with van der Waals surface area (Å²) in [7, 11) is 0. The third-order valence-corrected chi connectivity index (χ3v) is 11.4. The number of aryl methyl sites for hydroxylation is 2. The van der Waals surface area contributed by atoms with Crippen molar-refractivity contribution in [2.75, 3.05) is 39.7 Å². The molecular formula is C43H48N11O13+. The number of rotatable bonds is 18. The maximum Gasteiger partial charge on any atom is 0.326 e. The van der Waals surface area contributed by atoms with E-state index in [-0.39, 0.29) is 78.7 Å². The highest BCUT2D eigenvalue weighted by Gasteiger charge is 2.39. The van der Waals surface area contributed by atoms with Crippen molar-refractivity contribution in [2.45, 2.75) is 75.9 Å². The van der Waals surface area contributed by atoms with Gasteiger partial charge in [0.25, 0.3) is 11.5 Å². The predicted molar refractivity (Wildman–Crippen MR) is 239 cm³/mol. The van der Waals surface area contributed by atoms with Gasteiger partial charge in [0.15, 0.2) is 17.6 Å². The molecule has 0 aliphatic carbocycles. The number of aliphatic carboxylic acids is 4. The Bertz CT molecular complexity index is 2720. The standard InChI is InChI=1S/C23H26N4O7.C20H21N7O6/c24-23-25-17-9-8-16(27(12-28)20(17)21(32)26-23)7-3-13-1-4-14(5-2-13)18(29)11-15(22(33)34)6-10-19(30)31;21-20-24-16-15(18(31)25-20)27-9-26(8-12(27)7-22-16)11-3-1-10(2-4-11)17(30)23-13(19(32)33)5-6-14(28)29/h1-2,4-5,12,15-16H,3,6-11H2,(H,30,31)(H,33,34)(H3,24,25,26,32);1-4,9,12-13H,5-8H2,(H6-,21,22,23,24,25,28,29,30,31,32,33)/p+1/t15-,16+;12-,13?/m11/s1. The summed E-state index contributed by atoms with van der Waals surface area (Å²) in [5, 5.41) is 41.4. The van der Waals surface area contributed by atoms with E-state index < -0.39 is 47.3 Å². The first-order chi connectivity index (χ1) is 31.9. The average molecular weight is 927 g/mol. The van der Waals surface area contributed by atoms with Crippen LogP contribution >= 0.6 is 0 Å². The molecule has 0 radical (unpaired) electrons. The molecule has 4 aromatic rings. The molecule has 4 atom stereocenters. The van der Waals surface area contributed by atoms with E-state index in [2.05, 4.69) is 30.6 Å². The lowest BCUT2D eigenvalue weighted by Crippen LogP contribution is -2.42. The smallest absolute Gasteiger partial charge is 0.326 e. The van der Waals surface area contributed by atoms with Crippen molar-refractivity contribution in [3.8, 4) is 0 Å². The van der Waals surface area contributed by atoms with Gasteiger partial charge in [-0.2, -0.15) is 4.98 Å². The second kappa shape index (κ2) is 21.0. The van der Waals surface area contributed by atoms with Crippen LogP contribution in [0.3, 0.4) is 0 Å². The van der Waals surface area contributed by atoms with Crippen LogP contribution < -0.4 is 43.0 Å². The molecule has 3 aliphatic heterocycles. The van der Waals surface area contributed by atoms with Gasteiger partial charge in [0.1, 0.15) is 24.0 Å². The predicted octanol–water partition coefficient (Wildman–Crippen LogP) is 0.787. The molecule has 0 fully saturated rings. The van der Waals surface area contributed by atoms with Gasteiger partial charge in [0.05, 0.1) is 18.2 Å².